The van der Waals surface area contributed by atoms with Gasteiger partial charge < -0.3 is 9.47 Å². The number of nitro benzene ring substituents is 1. The molecule has 1 aromatic rings. The van der Waals surface area contributed by atoms with Gasteiger partial charge in [-0.25, -0.2) is 4.79 Å². The van der Waals surface area contributed by atoms with Crippen molar-refractivity contribution < 1.29 is 24.0 Å². The third-order valence-corrected chi connectivity index (χ3v) is 3.93. The molecule has 2 atom stereocenters. The van der Waals surface area contributed by atoms with Crippen molar-refractivity contribution in [1.82, 2.24) is 0 Å². The fourth-order valence-corrected chi connectivity index (χ4v) is 2.60. The van der Waals surface area contributed by atoms with Crippen molar-refractivity contribution in [1.29, 1.82) is 0 Å². The van der Waals surface area contributed by atoms with E-state index >= 15 is 0 Å². The summed E-state index contributed by atoms with van der Waals surface area (Å²) in [6, 6.07) is 3.12. The first-order valence-electron chi connectivity index (χ1n) is 8.22. The molecule has 8 nitrogen and oxygen atoms in total. The number of carbonyl (C=O) groups is 2. The minimum absolute atomic E-state index is 0.142. The fourth-order valence-electron chi connectivity index (χ4n) is 2.60. The van der Waals surface area contributed by atoms with Gasteiger partial charge in [0.2, 0.25) is 0 Å². The van der Waals surface area contributed by atoms with Gasteiger partial charge in [0.1, 0.15) is 6.04 Å². The largest absolute Gasteiger partial charge is 0.478 e. The fraction of sp³-hybridized carbons (Fsp3) is 0.529. The first kappa shape index (κ1) is 18.7. The van der Waals surface area contributed by atoms with E-state index in [2.05, 4.69) is 0 Å². The van der Waals surface area contributed by atoms with Gasteiger partial charge in [0.25, 0.3) is 11.6 Å². The number of amides is 1. The number of hydrogen-bond acceptors (Lipinski definition) is 6. The summed E-state index contributed by atoms with van der Waals surface area (Å²) in [5, 5.41) is 11.0. The lowest BCUT2D eigenvalue weighted by molar-refractivity contribution is -0.384. The number of non-ortho nitro benzene ring substituents is 1. The Morgan fingerprint density at radius 3 is 2.64 bits per heavy atom. The Morgan fingerprint density at radius 2 is 2.08 bits per heavy atom. The number of anilines is 1. The number of carbonyl (C=O) groups excluding carboxylic acids is 2. The Kier molecular flexibility index (Phi) is 5.61. The van der Waals surface area contributed by atoms with Crippen molar-refractivity contribution in [2.24, 2.45) is 5.92 Å². The molecule has 0 spiro atoms. The minimum atomic E-state index is -0.857. The normalized spacial score (nSPS) is 17.7. The highest BCUT2D eigenvalue weighted by Gasteiger charge is 2.41. The van der Waals surface area contributed by atoms with E-state index in [-0.39, 0.29) is 29.9 Å². The average molecular weight is 350 g/mol. The SMILES string of the molecule is CCCOC(=O)C(C)N1C(=O)C(C(C)C)Oc2cc([N+](=O)[O-])ccc21. The van der Waals surface area contributed by atoms with Crippen molar-refractivity contribution in [3.63, 3.8) is 0 Å². The summed E-state index contributed by atoms with van der Waals surface area (Å²) in [5.41, 5.74) is 0.185. The van der Waals surface area contributed by atoms with E-state index in [1.165, 1.54) is 23.1 Å². The molecule has 0 aromatic heterocycles. The second kappa shape index (κ2) is 7.50. The van der Waals surface area contributed by atoms with E-state index < -0.39 is 23.0 Å². The molecular formula is C17H22N2O6. The molecule has 0 fully saturated rings. The molecule has 2 unspecified atom stereocenters. The van der Waals surface area contributed by atoms with Gasteiger partial charge in [0, 0.05) is 6.07 Å². The molecule has 2 rings (SSSR count). The van der Waals surface area contributed by atoms with Crippen LogP contribution >= 0.6 is 0 Å². The highest BCUT2D eigenvalue weighted by molar-refractivity contribution is 6.04. The third kappa shape index (κ3) is 3.72. The van der Waals surface area contributed by atoms with Crippen LogP contribution in [0.5, 0.6) is 5.75 Å². The lowest BCUT2D eigenvalue weighted by atomic mass is 10.0. The summed E-state index contributed by atoms with van der Waals surface area (Å²) in [7, 11) is 0. The molecule has 0 saturated heterocycles. The molecule has 1 aromatic carbocycles. The Labute approximate surface area is 145 Å². The highest BCUT2D eigenvalue weighted by Crippen LogP contribution is 2.39. The summed E-state index contributed by atoms with van der Waals surface area (Å²) >= 11 is 0. The van der Waals surface area contributed by atoms with E-state index in [0.29, 0.717) is 12.1 Å². The summed E-state index contributed by atoms with van der Waals surface area (Å²) < 4.78 is 10.8. The molecule has 1 aliphatic heterocycles. The van der Waals surface area contributed by atoms with Crippen LogP contribution in [0.2, 0.25) is 0 Å². The quantitative estimate of drug-likeness (QED) is 0.444. The molecule has 8 heteroatoms. The zero-order chi connectivity index (χ0) is 18.7. The van der Waals surface area contributed by atoms with Gasteiger partial charge in [-0.15, -0.1) is 0 Å². The molecule has 1 heterocycles. The van der Waals surface area contributed by atoms with Gasteiger partial charge in [-0.1, -0.05) is 20.8 Å². The number of fused-ring (bicyclic) bond motifs is 1. The number of nitrogens with zero attached hydrogens (tertiary/aromatic N) is 2. The summed E-state index contributed by atoms with van der Waals surface area (Å²) in [6.45, 7) is 7.33. The van der Waals surface area contributed by atoms with Crippen LogP contribution in [0.3, 0.4) is 0 Å². The Bertz CT molecular complexity index is 688. The van der Waals surface area contributed by atoms with E-state index in [1.54, 1.807) is 6.92 Å². The first-order valence-corrected chi connectivity index (χ1v) is 8.22. The molecule has 0 bridgehead atoms. The summed E-state index contributed by atoms with van der Waals surface area (Å²) in [6.07, 6.45) is -0.150. The zero-order valence-electron chi connectivity index (χ0n) is 14.7. The summed E-state index contributed by atoms with van der Waals surface area (Å²) in [4.78, 5) is 36.9. The highest BCUT2D eigenvalue weighted by atomic mass is 16.6. The van der Waals surface area contributed by atoms with Crippen molar-refractivity contribution in [3.8, 4) is 5.75 Å². The number of ether oxygens (including phenoxy) is 2. The molecule has 25 heavy (non-hydrogen) atoms. The lowest BCUT2D eigenvalue weighted by Crippen LogP contribution is -2.54. The molecule has 0 saturated carbocycles. The van der Waals surface area contributed by atoms with Crippen molar-refractivity contribution in [2.45, 2.75) is 46.3 Å². The van der Waals surface area contributed by atoms with Crippen LogP contribution in [0.4, 0.5) is 11.4 Å². The second-order valence-corrected chi connectivity index (χ2v) is 6.24. The molecule has 0 aliphatic carbocycles. The topological polar surface area (TPSA) is 99.0 Å². The maximum Gasteiger partial charge on any atom is 0.328 e. The second-order valence-electron chi connectivity index (χ2n) is 6.24. The van der Waals surface area contributed by atoms with E-state index in [4.69, 9.17) is 9.47 Å². The molecule has 1 amide bonds. The van der Waals surface area contributed by atoms with E-state index in [9.17, 15) is 19.7 Å². The zero-order valence-corrected chi connectivity index (χ0v) is 14.7. The smallest absolute Gasteiger partial charge is 0.328 e. The van der Waals surface area contributed by atoms with Crippen LogP contribution in [-0.4, -0.2) is 35.6 Å². The molecular weight excluding hydrogens is 328 g/mol. The number of hydrogen-bond donors (Lipinski definition) is 0. The minimum Gasteiger partial charge on any atom is -0.478 e. The van der Waals surface area contributed by atoms with Crippen molar-refractivity contribution in [3.05, 3.63) is 28.3 Å². The van der Waals surface area contributed by atoms with Gasteiger partial charge >= 0.3 is 5.97 Å². The Morgan fingerprint density at radius 1 is 1.40 bits per heavy atom. The first-order chi connectivity index (χ1) is 11.8. The van der Waals surface area contributed by atoms with Crippen LogP contribution in [0.15, 0.2) is 18.2 Å². The monoisotopic (exact) mass is 350 g/mol. The number of esters is 1. The molecule has 0 radical (unpaired) electrons. The van der Waals surface area contributed by atoms with Crippen LogP contribution in [-0.2, 0) is 14.3 Å². The number of rotatable bonds is 6. The lowest BCUT2D eigenvalue weighted by Gasteiger charge is -2.38. The predicted molar refractivity (Wildman–Crippen MR) is 90.5 cm³/mol. The maximum absolute atomic E-state index is 12.8. The predicted octanol–water partition coefficient (Wildman–Crippen LogP) is 2.69. The maximum atomic E-state index is 12.8. The van der Waals surface area contributed by atoms with E-state index in [1.807, 2.05) is 20.8 Å². The molecule has 1 aliphatic rings. The van der Waals surface area contributed by atoms with Gasteiger partial charge in [-0.2, -0.15) is 0 Å². The number of benzene rings is 1. The van der Waals surface area contributed by atoms with Gasteiger partial charge in [0.05, 0.1) is 23.3 Å². The Balaban J connectivity index is 2.45. The van der Waals surface area contributed by atoms with Gasteiger partial charge in [0.15, 0.2) is 11.9 Å². The van der Waals surface area contributed by atoms with Gasteiger partial charge in [-0.3, -0.25) is 19.8 Å². The average Bonchev–Trinajstić information content (AvgIpc) is 2.57. The third-order valence-electron chi connectivity index (χ3n) is 3.93. The number of nitro groups is 1. The van der Waals surface area contributed by atoms with Crippen LogP contribution < -0.4 is 9.64 Å². The Hall–Kier alpha value is -2.64. The van der Waals surface area contributed by atoms with Gasteiger partial charge in [-0.05, 0) is 25.3 Å². The van der Waals surface area contributed by atoms with Crippen molar-refractivity contribution in [2.75, 3.05) is 11.5 Å². The molecule has 0 N–H and O–H groups in total. The van der Waals surface area contributed by atoms with Crippen molar-refractivity contribution >= 4 is 23.3 Å². The van der Waals surface area contributed by atoms with E-state index in [0.717, 1.165) is 0 Å². The molecule has 136 valence electrons. The standard InChI is InChI=1S/C17H22N2O6/c1-5-8-24-17(21)11(4)18-13-7-6-12(19(22)23)9-14(13)25-15(10(2)3)16(18)20/h6-7,9-11,15H,5,8H2,1-4H3. The van der Waals surface area contributed by atoms with Crippen LogP contribution in [0, 0.1) is 16.0 Å². The van der Waals surface area contributed by atoms with Crippen LogP contribution in [0.25, 0.3) is 0 Å². The summed E-state index contributed by atoms with van der Waals surface area (Å²) in [5.74, 6) is -0.842. The van der Waals surface area contributed by atoms with Crippen LogP contribution in [0.1, 0.15) is 34.1 Å².